The van der Waals surface area contributed by atoms with Crippen LogP contribution in [0.25, 0.3) is 0 Å². The number of rotatable bonds is 8. The van der Waals surface area contributed by atoms with Crippen LogP contribution >= 0.6 is 0 Å². The van der Waals surface area contributed by atoms with Crippen LogP contribution in [0.15, 0.2) is 18.2 Å². The van der Waals surface area contributed by atoms with Crippen LogP contribution in [0.3, 0.4) is 0 Å². The van der Waals surface area contributed by atoms with Gasteiger partial charge in [-0.15, -0.1) is 0 Å². The van der Waals surface area contributed by atoms with Gasteiger partial charge in [0.2, 0.25) is 5.91 Å². The summed E-state index contributed by atoms with van der Waals surface area (Å²) in [5.41, 5.74) is 1.88. The first-order valence-electron chi connectivity index (χ1n) is 6.82. The summed E-state index contributed by atoms with van der Waals surface area (Å²) in [5.74, 6) is 0.678. The number of nitrogens with one attached hydrogen (secondary N) is 2. The number of aliphatic hydroxyl groups is 1. The number of hydrogen-bond donors (Lipinski definition) is 3. The summed E-state index contributed by atoms with van der Waals surface area (Å²) >= 11 is 0. The van der Waals surface area contributed by atoms with Crippen molar-refractivity contribution in [2.45, 2.75) is 26.4 Å². The van der Waals surface area contributed by atoms with Crippen LogP contribution in [0.5, 0.6) is 5.75 Å². The van der Waals surface area contributed by atoms with Crippen molar-refractivity contribution in [1.29, 1.82) is 0 Å². The molecule has 0 aromatic heterocycles. The van der Waals surface area contributed by atoms with E-state index in [1.54, 1.807) is 7.11 Å². The average Bonchev–Trinajstić information content (AvgIpc) is 2.42. The Hall–Kier alpha value is -1.59. The molecule has 0 heterocycles. The summed E-state index contributed by atoms with van der Waals surface area (Å²) in [6, 6.07) is 5.75. The largest absolute Gasteiger partial charge is 0.496 e. The highest BCUT2D eigenvalue weighted by molar-refractivity contribution is 5.72. The van der Waals surface area contributed by atoms with E-state index in [0.717, 1.165) is 24.1 Å². The predicted molar refractivity (Wildman–Crippen MR) is 78.9 cm³/mol. The van der Waals surface area contributed by atoms with Gasteiger partial charge in [0.1, 0.15) is 5.75 Å². The Labute approximate surface area is 120 Å². The van der Waals surface area contributed by atoms with E-state index in [1.165, 1.54) is 6.92 Å². The number of aryl methyl sites for hydroxylation is 1. The number of amides is 1. The summed E-state index contributed by atoms with van der Waals surface area (Å²) in [4.78, 5) is 10.7. The van der Waals surface area contributed by atoms with Gasteiger partial charge in [0.05, 0.1) is 13.2 Å². The van der Waals surface area contributed by atoms with Gasteiger partial charge in [-0.3, -0.25) is 4.79 Å². The van der Waals surface area contributed by atoms with Gasteiger partial charge in [-0.05, 0) is 32.0 Å². The molecule has 0 aliphatic heterocycles. The van der Waals surface area contributed by atoms with E-state index < -0.39 is 6.10 Å². The van der Waals surface area contributed by atoms with E-state index in [-0.39, 0.29) is 5.91 Å². The van der Waals surface area contributed by atoms with Crippen molar-refractivity contribution < 1.29 is 14.6 Å². The Morgan fingerprint density at radius 2 is 2.15 bits per heavy atom. The first kappa shape index (κ1) is 16.5. The number of benzene rings is 1. The second kappa shape index (κ2) is 8.55. The lowest BCUT2D eigenvalue weighted by Crippen LogP contribution is -2.27. The molecule has 1 unspecified atom stereocenters. The average molecular weight is 280 g/mol. The number of methoxy groups -OCH3 is 1. The maximum absolute atomic E-state index is 10.7. The molecule has 0 aliphatic rings. The molecule has 1 atom stereocenters. The number of carbonyl (C=O) groups excluding carboxylic acids is 1. The molecule has 1 amide bonds. The first-order valence-corrected chi connectivity index (χ1v) is 6.82. The number of carbonyl (C=O) groups is 1. The smallest absolute Gasteiger partial charge is 0.216 e. The van der Waals surface area contributed by atoms with Crippen molar-refractivity contribution in [3.05, 3.63) is 29.3 Å². The molecule has 0 fully saturated rings. The monoisotopic (exact) mass is 280 g/mol. The van der Waals surface area contributed by atoms with Gasteiger partial charge in [-0.2, -0.15) is 0 Å². The molecule has 0 aliphatic carbocycles. The van der Waals surface area contributed by atoms with Gasteiger partial charge in [-0.1, -0.05) is 11.6 Å². The minimum absolute atomic E-state index is 0.0190. The van der Waals surface area contributed by atoms with Gasteiger partial charge in [0.15, 0.2) is 0 Å². The molecule has 5 nitrogen and oxygen atoms in total. The van der Waals surface area contributed by atoms with Gasteiger partial charge in [0.25, 0.3) is 0 Å². The van der Waals surface area contributed by atoms with Crippen molar-refractivity contribution >= 4 is 5.91 Å². The highest BCUT2D eigenvalue weighted by Gasteiger charge is 2.12. The molecule has 20 heavy (non-hydrogen) atoms. The minimum atomic E-state index is -0.606. The summed E-state index contributed by atoms with van der Waals surface area (Å²) in [6.07, 6.45) is 0.225. The summed E-state index contributed by atoms with van der Waals surface area (Å²) in [7, 11) is 1.60. The third kappa shape index (κ3) is 5.59. The molecule has 112 valence electrons. The molecule has 0 spiro atoms. The van der Waals surface area contributed by atoms with Crippen molar-refractivity contribution in [3.8, 4) is 5.75 Å². The molecule has 1 rings (SSSR count). The molecule has 1 aromatic carbocycles. The standard InChI is InChI=1S/C15H24N2O3/c1-11-5-6-15(20-3)13(9-11)14(19)10-16-7-4-8-17-12(2)18/h5-6,9,14,16,19H,4,7-8,10H2,1-3H3,(H,17,18). The lowest BCUT2D eigenvalue weighted by atomic mass is 10.1. The van der Waals surface area contributed by atoms with Crippen LogP contribution in [0.2, 0.25) is 0 Å². The van der Waals surface area contributed by atoms with E-state index in [4.69, 9.17) is 4.74 Å². The van der Waals surface area contributed by atoms with Crippen LogP contribution in [-0.2, 0) is 4.79 Å². The second-order valence-electron chi connectivity index (χ2n) is 4.80. The zero-order valence-electron chi connectivity index (χ0n) is 12.4. The van der Waals surface area contributed by atoms with E-state index in [9.17, 15) is 9.90 Å². The molecule has 3 N–H and O–H groups in total. The highest BCUT2D eigenvalue weighted by atomic mass is 16.5. The van der Waals surface area contributed by atoms with E-state index >= 15 is 0 Å². The molecule has 0 bridgehead atoms. The fourth-order valence-corrected chi connectivity index (χ4v) is 1.94. The van der Waals surface area contributed by atoms with Crippen molar-refractivity contribution in [2.75, 3.05) is 26.7 Å². The molecular weight excluding hydrogens is 256 g/mol. The van der Waals surface area contributed by atoms with Crippen LogP contribution < -0.4 is 15.4 Å². The van der Waals surface area contributed by atoms with Crippen molar-refractivity contribution in [1.82, 2.24) is 10.6 Å². The van der Waals surface area contributed by atoms with Crippen molar-refractivity contribution in [3.63, 3.8) is 0 Å². The van der Waals surface area contributed by atoms with Gasteiger partial charge >= 0.3 is 0 Å². The fourth-order valence-electron chi connectivity index (χ4n) is 1.94. The Kier molecular flexibility index (Phi) is 7.04. The third-order valence-electron chi connectivity index (χ3n) is 2.99. The summed E-state index contributed by atoms with van der Waals surface area (Å²) in [5, 5.41) is 16.1. The fraction of sp³-hybridized carbons (Fsp3) is 0.533. The quantitative estimate of drug-likeness (QED) is 0.625. The maximum Gasteiger partial charge on any atom is 0.216 e. The van der Waals surface area contributed by atoms with Gasteiger partial charge in [0, 0.05) is 25.6 Å². The van der Waals surface area contributed by atoms with Crippen LogP contribution in [0.4, 0.5) is 0 Å². The third-order valence-corrected chi connectivity index (χ3v) is 2.99. The Morgan fingerprint density at radius 3 is 2.80 bits per heavy atom. The summed E-state index contributed by atoms with van der Waals surface area (Å²) < 4.78 is 5.26. The Morgan fingerprint density at radius 1 is 1.40 bits per heavy atom. The molecule has 0 radical (unpaired) electrons. The Balaban J connectivity index is 2.37. The highest BCUT2D eigenvalue weighted by Crippen LogP contribution is 2.25. The van der Waals surface area contributed by atoms with E-state index in [2.05, 4.69) is 10.6 Å². The zero-order valence-corrected chi connectivity index (χ0v) is 12.4. The van der Waals surface area contributed by atoms with Crippen LogP contribution in [-0.4, -0.2) is 37.8 Å². The van der Waals surface area contributed by atoms with Gasteiger partial charge < -0.3 is 20.5 Å². The first-order chi connectivity index (χ1) is 9.54. The molecular formula is C15H24N2O3. The van der Waals surface area contributed by atoms with Crippen molar-refractivity contribution in [2.24, 2.45) is 0 Å². The number of hydrogen-bond acceptors (Lipinski definition) is 4. The lowest BCUT2D eigenvalue weighted by molar-refractivity contribution is -0.118. The molecule has 5 heteroatoms. The van der Waals surface area contributed by atoms with Crippen LogP contribution in [0, 0.1) is 6.92 Å². The zero-order chi connectivity index (χ0) is 15.0. The Bertz CT molecular complexity index is 435. The minimum Gasteiger partial charge on any atom is -0.496 e. The van der Waals surface area contributed by atoms with E-state index in [1.807, 2.05) is 25.1 Å². The SMILES string of the molecule is COc1ccc(C)cc1C(O)CNCCCNC(C)=O. The molecule has 0 saturated heterocycles. The lowest BCUT2D eigenvalue weighted by Gasteiger charge is -2.16. The topological polar surface area (TPSA) is 70.6 Å². The second-order valence-corrected chi connectivity index (χ2v) is 4.80. The maximum atomic E-state index is 10.7. The normalized spacial score (nSPS) is 12.0. The number of ether oxygens (including phenoxy) is 1. The number of aliphatic hydroxyl groups excluding tert-OH is 1. The van der Waals surface area contributed by atoms with E-state index in [0.29, 0.717) is 18.8 Å². The molecule has 1 aromatic rings. The van der Waals surface area contributed by atoms with Gasteiger partial charge in [-0.25, -0.2) is 0 Å². The summed E-state index contributed by atoms with van der Waals surface area (Å²) in [6.45, 7) is 5.33. The molecule has 0 saturated carbocycles. The van der Waals surface area contributed by atoms with Crippen LogP contribution in [0.1, 0.15) is 30.6 Å². The predicted octanol–water partition coefficient (Wildman–Crippen LogP) is 1.15.